The van der Waals surface area contributed by atoms with Crippen molar-refractivity contribution in [1.29, 1.82) is 0 Å². The van der Waals surface area contributed by atoms with Crippen LogP contribution in [0, 0.1) is 10.1 Å². The minimum Gasteiger partial charge on any atom is -0.450 e. The van der Waals surface area contributed by atoms with Gasteiger partial charge in [-0.2, -0.15) is 0 Å². The Kier molecular flexibility index (Phi) is 4.36. The summed E-state index contributed by atoms with van der Waals surface area (Å²) >= 11 is 3.35. The summed E-state index contributed by atoms with van der Waals surface area (Å²) in [6.45, 7) is 0. The highest BCUT2D eigenvalue weighted by Gasteiger charge is 2.45. The molecule has 1 unspecified atom stereocenters. The second kappa shape index (κ2) is 7.10. The van der Waals surface area contributed by atoms with E-state index in [1.165, 1.54) is 41.6 Å². The van der Waals surface area contributed by atoms with Crippen molar-refractivity contribution >= 4 is 44.4 Å². The van der Waals surface area contributed by atoms with Crippen LogP contribution in [0.3, 0.4) is 0 Å². The number of carbonyl (C=O) groups excluding carboxylic acids is 1. The molecule has 31 heavy (non-hydrogen) atoms. The molecular weight excluding hydrogens is 468 g/mol. The van der Waals surface area contributed by atoms with Crippen LogP contribution in [-0.2, 0) is 0 Å². The monoisotopic (exact) mass is 478 g/mol. The fourth-order valence-electron chi connectivity index (χ4n) is 3.66. The van der Waals surface area contributed by atoms with Crippen LogP contribution in [0.1, 0.15) is 27.7 Å². The van der Waals surface area contributed by atoms with Crippen molar-refractivity contribution in [3.63, 3.8) is 0 Å². The van der Waals surface area contributed by atoms with Crippen molar-refractivity contribution < 1.29 is 14.1 Å². The molecule has 0 aliphatic carbocycles. The molecule has 0 radical (unpaired) electrons. The zero-order valence-electron chi connectivity index (χ0n) is 15.6. The topological polar surface area (TPSA) is 119 Å². The molecule has 0 saturated carbocycles. The SMILES string of the molecule is O=C1c2oc3ccc(Br)cc3c(=O)c2C(c2ccc([N+](=O)[O-])cc2)N1c1ncccn1. The van der Waals surface area contributed by atoms with Crippen molar-refractivity contribution in [3.05, 3.63) is 103 Å². The smallest absolute Gasteiger partial charge is 0.297 e. The highest BCUT2D eigenvalue weighted by atomic mass is 79.9. The maximum absolute atomic E-state index is 13.4. The fourth-order valence-corrected chi connectivity index (χ4v) is 4.02. The number of rotatable bonds is 3. The van der Waals surface area contributed by atoms with Crippen molar-refractivity contribution in [2.24, 2.45) is 0 Å². The summed E-state index contributed by atoms with van der Waals surface area (Å²) in [4.78, 5) is 46.9. The zero-order chi connectivity index (χ0) is 21.7. The van der Waals surface area contributed by atoms with Gasteiger partial charge < -0.3 is 4.42 Å². The van der Waals surface area contributed by atoms with Crippen LogP contribution in [0.5, 0.6) is 0 Å². The van der Waals surface area contributed by atoms with Crippen molar-refractivity contribution in [3.8, 4) is 0 Å². The molecule has 0 saturated heterocycles. The Hall–Kier alpha value is -3.92. The molecule has 4 aromatic rings. The summed E-state index contributed by atoms with van der Waals surface area (Å²) < 4.78 is 6.53. The van der Waals surface area contributed by atoms with E-state index in [-0.39, 0.29) is 34.0 Å². The van der Waals surface area contributed by atoms with Crippen LogP contribution in [0.4, 0.5) is 11.6 Å². The predicted molar refractivity (Wildman–Crippen MR) is 114 cm³/mol. The molecule has 0 fully saturated rings. The van der Waals surface area contributed by atoms with Crippen LogP contribution in [0.25, 0.3) is 11.0 Å². The van der Waals surface area contributed by atoms with Gasteiger partial charge in [-0.25, -0.2) is 9.97 Å². The number of benzene rings is 2. The summed E-state index contributed by atoms with van der Waals surface area (Å²) in [7, 11) is 0. The molecule has 0 spiro atoms. The number of nitro groups is 1. The molecule has 3 heterocycles. The van der Waals surface area contributed by atoms with Crippen LogP contribution in [0.2, 0.25) is 0 Å². The molecule has 9 nitrogen and oxygen atoms in total. The number of nitrogens with zero attached hydrogens (tertiary/aromatic N) is 4. The Morgan fingerprint density at radius 3 is 2.45 bits per heavy atom. The van der Waals surface area contributed by atoms with E-state index in [0.29, 0.717) is 15.4 Å². The standard InChI is InChI=1S/C21H11BrN4O5/c22-12-4-7-15-14(10-12)18(27)16-17(11-2-5-13(6-3-11)26(29)30)25(20(28)19(16)31-15)21-23-8-1-9-24-21/h1-10,17H. The summed E-state index contributed by atoms with van der Waals surface area (Å²) in [6.07, 6.45) is 2.96. The number of anilines is 1. The van der Waals surface area contributed by atoms with E-state index in [4.69, 9.17) is 4.42 Å². The number of amides is 1. The maximum atomic E-state index is 13.4. The van der Waals surface area contributed by atoms with Crippen molar-refractivity contribution in [1.82, 2.24) is 9.97 Å². The molecule has 10 heteroatoms. The van der Waals surface area contributed by atoms with E-state index in [9.17, 15) is 19.7 Å². The molecular formula is C21H11BrN4O5. The van der Waals surface area contributed by atoms with Crippen molar-refractivity contribution in [2.45, 2.75) is 6.04 Å². The van der Waals surface area contributed by atoms with Gasteiger partial charge in [-0.15, -0.1) is 0 Å². The fraction of sp³-hybridized carbons (Fsp3) is 0.0476. The zero-order valence-corrected chi connectivity index (χ0v) is 17.1. The van der Waals surface area contributed by atoms with E-state index in [0.717, 1.165) is 0 Å². The van der Waals surface area contributed by atoms with Gasteiger partial charge in [-0.05, 0) is 42.0 Å². The molecule has 5 rings (SSSR count). The predicted octanol–water partition coefficient (Wildman–Crippen LogP) is 4.00. The van der Waals surface area contributed by atoms with Gasteiger partial charge in [0.2, 0.25) is 11.7 Å². The first-order valence-electron chi connectivity index (χ1n) is 9.07. The number of fused-ring (bicyclic) bond motifs is 2. The first kappa shape index (κ1) is 19.1. The minimum atomic E-state index is -0.898. The lowest BCUT2D eigenvalue weighted by Gasteiger charge is -2.22. The van der Waals surface area contributed by atoms with Gasteiger partial charge in [-0.3, -0.25) is 24.6 Å². The van der Waals surface area contributed by atoms with Gasteiger partial charge in [0.1, 0.15) is 5.58 Å². The summed E-state index contributed by atoms with van der Waals surface area (Å²) in [6, 6.07) is 11.3. The first-order chi connectivity index (χ1) is 15.0. The average Bonchev–Trinajstić information content (AvgIpc) is 3.07. The molecule has 152 valence electrons. The molecule has 0 N–H and O–H groups in total. The molecule has 2 aromatic heterocycles. The first-order valence-corrected chi connectivity index (χ1v) is 9.86. The lowest BCUT2D eigenvalue weighted by molar-refractivity contribution is -0.384. The van der Waals surface area contributed by atoms with Gasteiger partial charge >= 0.3 is 0 Å². The van der Waals surface area contributed by atoms with Crippen LogP contribution in [-0.4, -0.2) is 20.8 Å². The lowest BCUT2D eigenvalue weighted by atomic mass is 9.98. The minimum absolute atomic E-state index is 0.0897. The van der Waals surface area contributed by atoms with E-state index < -0.39 is 16.9 Å². The third-order valence-corrected chi connectivity index (χ3v) is 5.51. The van der Waals surface area contributed by atoms with E-state index in [1.54, 1.807) is 24.3 Å². The van der Waals surface area contributed by atoms with Crippen LogP contribution < -0.4 is 10.3 Å². The number of nitro benzene ring substituents is 1. The van der Waals surface area contributed by atoms with Crippen LogP contribution in [0.15, 0.2) is 74.6 Å². The lowest BCUT2D eigenvalue weighted by Crippen LogP contribution is -2.31. The Balaban J connectivity index is 1.79. The Morgan fingerprint density at radius 2 is 1.77 bits per heavy atom. The molecule has 1 amide bonds. The van der Waals surface area contributed by atoms with E-state index >= 15 is 0 Å². The maximum Gasteiger partial charge on any atom is 0.297 e. The number of hydrogen-bond donors (Lipinski definition) is 0. The summed E-state index contributed by atoms with van der Waals surface area (Å²) in [5.74, 6) is -0.575. The number of hydrogen-bond acceptors (Lipinski definition) is 7. The third-order valence-electron chi connectivity index (χ3n) is 5.02. The quantitative estimate of drug-likeness (QED) is 0.322. The normalized spacial score (nSPS) is 15.3. The van der Waals surface area contributed by atoms with Gasteiger partial charge in [0.05, 0.1) is 21.9 Å². The molecule has 1 atom stereocenters. The average molecular weight is 479 g/mol. The Morgan fingerprint density at radius 1 is 1.06 bits per heavy atom. The van der Waals surface area contributed by atoms with Gasteiger partial charge in [-0.1, -0.05) is 15.9 Å². The largest absolute Gasteiger partial charge is 0.450 e. The Labute approximate surface area is 182 Å². The third kappa shape index (κ3) is 2.99. The molecule has 1 aliphatic heterocycles. The number of aromatic nitrogens is 2. The van der Waals surface area contributed by atoms with E-state index in [2.05, 4.69) is 25.9 Å². The summed E-state index contributed by atoms with van der Waals surface area (Å²) in [5, 5.41) is 11.4. The summed E-state index contributed by atoms with van der Waals surface area (Å²) in [5.41, 5.74) is 0.431. The number of carbonyl (C=O) groups is 1. The van der Waals surface area contributed by atoms with Crippen LogP contribution >= 0.6 is 15.9 Å². The van der Waals surface area contributed by atoms with Gasteiger partial charge in [0.25, 0.3) is 11.6 Å². The molecule has 1 aliphatic rings. The number of halogens is 1. The Bertz CT molecular complexity index is 1420. The highest BCUT2D eigenvalue weighted by molar-refractivity contribution is 9.10. The number of non-ortho nitro benzene ring substituents is 1. The second-order valence-electron chi connectivity index (χ2n) is 6.79. The second-order valence-corrected chi connectivity index (χ2v) is 7.71. The van der Waals surface area contributed by atoms with Gasteiger partial charge in [0.15, 0.2) is 5.43 Å². The highest BCUT2D eigenvalue weighted by Crippen LogP contribution is 2.40. The molecule has 2 aromatic carbocycles. The molecule has 0 bridgehead atoms. The van der Waals surface area contributed by atoms with Crippen molar-refractivity contribution in [2.75, 3.05) is 4.90 Å². The van der Waals surface area contributed by atoms with E-state index in [1.807, 2.05) is 0 Å². The van der Waals surface area contributed by atoms with Gasteiger partial charge in [0, 0.05) is 29.0 Å².